The first-order valence-electron chi connectivity index (χ1n) is 6.81. The molecule has 0 spiro atoms. The van der Waals surface area contributed by atoms with Crippen molar-refractivity contribution in [2.75, 3.05) is 7.05 Å². The van der Waals surface area contributed by atoms with E-state index in [1.165, 1.54) is 6.07 Å². The predicted molar refractivity (Wildman–Crippen MR) is 80.4 cm³/mol. The molecule has 0 radical (unpaired) electrons. The molecule has 0 aliphatic heterocycles. The average Bonchev–Trinajstić information content (AvgIpc) is 2.42. The minimum atomic E-state index is -0.189. The third-order valence-corrected chi connectivity index (χ3v) is 2.97. The molecule has 0 aromatic heterocycles. The van der Waals surface area contributed by atoms with E-state index in [-0.39, 0.29) is 11.9 Å². The molecule has 0 amide bonds. The van der Waals surface area contributed by atoms with E-state index in [4.69, 9.17) is 4.74 Å². The summed E-state index contributed by atoms with van der Waals surface area (Å²) in [6.07, 6.45) is 0.105. The minimum absolute atomic E-state index is 0.105. The lowest BCUT2D eigenvalue weighted by atomic mass is 10.0. The van der Waals surface area contributed by atoms with E-state index in [0.717, 1.165) is 16.9 Å². The number of hydrogen-bond acceptors (Lipinski definition) is 2. The molecule has 106 valence electrons. The maximum Gasteiger partial charge on any atom is 0.127 e. The fourth-order valence-electron chi connectivity index (χ4n) is 2.13. The smallest absolute Gasteiger partial charge is 0.127 e. The van der Waals surface area contributed by atoms with Crippen molar-refractivity contribution in [3.05, 3.63) is 53.8 Å². The van der Waals surface area contributed by atoms with Crippen LogP contribution >= 0.6 is 0 Å². The van der Waals surface area contributed by atoms with Crippen molar-refractivity contribution in [2.45, 2.75) is 26.5 Å². The lowest BCUT2D eigenvalue weighted by Crippen LogP contribution is -2.08. The molecule has 2 aromatic rings. The van der Waals surface area contributed by atoms with Gasteiger partial charge in [-0.05, 0) is 44.7 Å². The number of hydrogen-bond donors (Lipinski definition) is 1. The fraction of sp³-hybridized carbons (Fsp3) is 0.294. The van der Waals surface area contributed by atoms with Crippen LogP contribution in [0.4, 0.5) is 4.39 Å². The number of ether oxygens (including phenoxy) is 1. The highest BCUT2D eigenvalue weighted by Gasteiger charge is 2.10. The topological polar surface area (TPSA) is 21.3 Å². The first-order valence-corrected chi connectivity index (χ1v) is 6.81. The molecule has 0 saturated heterocycles. The quantitative estimate of drug-likeness (QED) is 0.889. The second-order valence-electron chi connectivity index (χ2n) is 5.00. The molecule has 0 saturated carbocycles. The Balaban J connectivity index is 2.43. The van der Waals surface area contributed by atoms with E-state index in [2.05, 4.69) is 5.32 Å². The lowest BCUT2D eigenvalue weighted by Gasteiger charge is -2.15. The van der Waals surface area contributed by atoms with Crippen molar-refractivity contribution >= 4 is 0 Å². The zero-order valence-corrected chi connectivity index (χ0v) is 12.1. The summed E-state index contributed by atoms with van der Waals surface area (Å²) in [4.78, 5) is 0. The van der Waals surface area contributed by atoms with Crippen molar-refractivity contribution in [1.29, 1.82) is 0 Å². The Morgan fingerprint density at radius 3 is 2.60 bits per heavy atom. The zero-order chi connectivity index (χ0) is 14.5. The van der Waals surface area contributed by atoms with Crippen LogP contribution in [0.1, 0.15) is 19.4 Å². The van der Waals surface area contributed by atoms with E-state index in [9.17, 15) is 4.39 Å². The summed E-state index contributed by atoms with van der Waals surface area (Å²) >= 11 is 0. The molecular weight excluding hydrogens is 253 g/mol. The van der Waals surface area contributed by atoms with Crippen LogP contribution in [0.15, 0.2) is 42.5 Å². The molecule has 2 aromatic carbocycles. The molecule has 2 rings (SSSR count). The molecule has 0 atom stereocenters. The van der Waals surface area contributed by atoms with Gasteiger partial charge < -0.3 is 10.1 Å². The largest absolute Gasteiger partial charge is 0.490 e. The molecule has 0 bridgehead atoms. The normalized spacial score (nSPS) is 10.8. The minimum Gasteiger partial charge on any atom is -0.490 e. The summed E-state index contributed by atoms with van der Waals surface area (Å²) in [6, 6.07) is 13.0. The number of nitrogens with one attached hydrogen (secondary N) is 1. The molecule has 0 aliphatic carbocycles. The Labute approximate surface area is 119 Å². The van der Waals surface area contributed by atoms with Crippen molar-refractivity contribution in [1.82, 2.24) is 5.32 Å². The van der Waals surface area contributed by atoms with Gasteiger partial charge in [-0.1, -0.05) is 24.3 Å². The molecule has 20 heavy (non-hydrogen) atoms. The average molecular weight is 273 g/mol. The Bertz CT molecular complexity index is 581. The van der Waals surface area contributed by atoms with Crippen LogP contribution < -0.4 is 10.1 Å². The highest BCUT2D eigenvalue weighted by Crippen LogP contribution is 2.31. The highest BCUT2D eigenvalue weighted by molar-refractivity contribution is 5.71. The molecule has 0 heterocycles. The summed E-state index contributed by atoms with van der Waals surface area (Å²) in [5, 5.41) is 2.98. The van der Waals surface area contributed by atoms with Gasteiger partial charge in [0.2, 0.25) is 0 Å². The van der Waals surface area contributed by atoms with Crippen molar-refractivity contribution in [3.8, 4) is 16.9 Å². The van der Waals surface area contributed by atoms with E-state index < -0.39 is 0 Å². The summed E-state index contributed by atoms with van der Waals surface area (Å²) in [5.41, 5.74) is 2.61. The molecule has 0 unspecified atom stereocenters. The molecule has 3 heteroatoms. The third kappa shape index (κ3) is 3.36. The van der Waals surface area contributed by atoms with Crippen LogP contribution in [0.2, 0.25) is 0 Å². The van der Waals surface area contributed by atoms with Gasteiger partial charge in [0, 0.05) is 17.7 Å². The Kier molecular flexibility index (Phi) is 4.74. The predicted octanol–water partition coefficient (Wildman–Crippen LogP) is 4.00. The van der Waals surface area contributed by atoms with Crippen LogP contribution in [0.3, 0.4) is 0 Å². The maximum absolute atomic E-state index is 13.7. The molecular formula is C17H20FNO. The molecule has 2 nitrogen and oxygen atoms in total. The maximum atomic E-state index is 13.7. The van der Waals surface area contributed by atoms with Crippen molar-refractivity contribution < 1.29 is 9.13 Å². The van der Waals surface area contributed by atoms with Gasteiger partial charge in [0.25, 0.3) is 0 Å². The SMILES string of the molecule is CNCc1cc(-c2ccccc2OC(C)C)ccc1F. The Hall–Kier alpha value is -1.87. The van der Waals surface area contributed by atoms with Crippen LogP contribution in [-0.2, 0) is 6.54 Å². The van der Waals surface area contributed by atoms with Crippen molar-refractivity contribution in [2.24, 2.45) is 0 Å². The van der Waals surface area contributed by atoms with Crippen LogP contribution in [0, 0.1) is 5.82 Å². The van der Waals surface area contributed by atoms with Gasteiger partial charge in [0.15, 0.2) is 0 Å². The number of benzene rings is 2. The van der Waals surface area contributed by atoms with Crippen LogP contribution in [0.25, 0.3) is 11.1 Å². The van der Waals surface area contributed by atoms with Gasteiger partial charge in [0.1, 0.15) is 11.6 Å². The van der Waals surface area contributed by atoms with E-state index in [0.29, 0.717) is 12.1 Å². The standard InChI is InChI=1S/C17H20FNO/c1-12(2)20-17-7-5-4-6-15(17)13-8-9-16(18)14(10-13)11-19-3/h4-10,12,19H,11H2,1-3H3. The summed E-state index contributed by atoms with van der Waals surface area (Å²) in [7, 11) is 1.81. The summed E-state index contributed by atoms with van der Waals surface area (Å²) in [5.74, 6) is 0.634. The number of para-hydroxylation sites is 1. The van der Waals surface area contributed by atoms with Gasteiger partial charge >= 0.3 is 0 Å². The highest BCUT2D eigenvalue weighted by atomic mass is 19.1. The molecule has 1 N–H and O–H groups in total. The first kappa shape index (κ1) is 14.5. The van der Waals surface area contributed by atoms with Gasteiger partial charge in [-0.25, -0.2) is 4.39 Å². The molecule has 0 fully saturated rings. The second-order valence-corrected chi connectivity index (χ2v) is 5.00. The summed E-state index contributed by atoms with van der Waals surface area (Å²) < 4.78 is 19.5. The van der Waals surface area contributed by atoms with Gasteiger partial charge in [-0.3, -0.25) is 0 Å². The van der Waals surface area contributed by atoms with Gasteiger partial charge in [0.05, 0.1) is 6.10 Å². The zero-order valence-electron chi connectivity index (χ0n) is 12.1. The van der Waals surface area contributed by atoms with E-state index in [1.54, 1.807) is 6.07 Å². The second kappa shape index (κ2) is 6.53. The number of halogens is 1. The summed E-state index contributed by atoms with van der Waals surface area (Å²) in [6.45, 7) is 4.49. The molecule has 0 aliphatic rings. The third-order valence-electron chi connectivity index (χ3n) is 2.97. The van der Waals surface area contributed by atoms with Gasteiger partial charge in [-0.2, -0.15) is 0 Å². The Morgan fingerprint density at radius 2 is 1.90 bits per heavy atom. The van der Waals surface area contributed by atoms with E-state index in [1.807, 2.05) is 51.2 Å². The van der Waals surface area contributed by atoms with Crippen LogP contribution in [0.5, 0.6) is 5.75 Å². The first-order chi connectivity index (χ1) is 9.61. The van der Waals surface area contributed by atoms with E-state index >= 15 is 0 Å². The Morgan fingerprint density at radius 1 is 1.15 bits per heavy atom. The van der Waals surface area contributed by atoms with Crippen LogP contribution in [-0.4, -0.2) is 13.2 Å². The van der Waals surface area contributed by atoms with Gasteiger partial charge in [-0.15, -0.1) is 0 Å². The lowest BCUT2D eigenvalue weighted by molar-refractivity contribution is 0.243. The van der Waals surface area contributed by atoms with Crippen molar-refractivity contribution in [3.63, 3.8) is 0 Å². The monoisotopic (exact) mass is 273 g/mol. The number of rotatable bonds is 5. The fourth-order valence-corrected chi connectivity index (χ4v) is 2.13.